The molecule has 1 aromatic heterocycles. The Hall–Kier alpha value is -2.52. The van der Waals surface area contributed by atoms with E-state index < -0.39 is 12.1 Å². The zero-order chi connectivity index (χ0) is 25.7. The highest BCUT2D eigenvalue weighted by molar-refractivity contribution is 5.77. The second-order valence-corrected chi connectivity index (χ2v) is 10.7. The van der Waals surface area contributed by atoms with Crippen molar-refractivity contribution >= 4 is 5.91 Å². The van der Waals surface area contributed by atoms with Gasteiger partial charge in [-0.15, -0.1) is 0 Å². The van der Waals surface area contributed by atoms with Crippen molar-refractivity contribution in [1.29, 1.82) is 0 Å². The summed E-state index contributed by atoms with van der Waals surface area (Å²) in [5.74, 6) is 0.457. The van der Waals surface area contributed by atoms with Gasteiger partial charge in [-0.05, 0) is 55.7 Å². The minimum atomic E-state index is -0.785. The van der Waals surface area contributed by atoms with Crippen molar-refractivity contribution < 1.29 is 24.1 Å². The number of carbonyl (C=O) groups excluding carboxylic acids is 1. The van der Waals surface area contributed by atoms with Gasteiger partial charge in [-0.3, -0.25) is 4.79 Å². The molecule has 1 amide bonds. The Morgan fingerprint density at radius 1 is 1.24 bits per heavy atom. The van der Waals surface area contributed by atoms with Crippen LogP contribution in [0.2, 0.25) is 0 Å². The average molecular weight is 510 g/mol. The van der Waals surface area contributed by atoms with Crippen LogP contribution in [0.25, 0.3) is 0 Å². The highest BCUT2D eigenvalue weighted by Crippen LogP contribution is 2.48. The summed E-state index contributed by atoms with van der Waals surface area (Å²) in [6, 6.07) is 11.7. The molecule has 8 heteroatoms. The lowest BCUT2D eigenvalue weighted by Crippen LogP contribution is -2.52. The lowest BCUT2D eigenvalue weighted by Gasteiger charge is -2.47. The Kier molecular flexibility index (Phi) is 8.39. The van der Waals surface area contributed by atoms with Gasteiger partial charge in [0.15, 0.2) is 0 Å². The lowest BCUT2D eigenvalue weighted by atomic mass is 9.73. The van der Waals surface area contributed by atoms with E-state index in [2.05, 4.69) is 16.7 Å². The van der Waals surface area contributed by atoms with E-state index in [0.717, 1.165) is 68.2 Å². The van der Waals surface area contributed by atoms with E-state index >= 15 is 0 Å². The third-order valence-corrected chi connectivity index (χ3v) is 7.91. The molecule has 3 aliphatic rings. The van der Waals surface area contributed by atoms with Crippen LogP contribution >= 0.6 is 0 Å². The molecule has 1 spiro atoms. The molecule has 8 nitrogen and oxygen atoms in total. The molecule has 0 radical (unpaired) electrons. The quantitative estimate of drug-likeness (QED) is 0.428. The average Bonchev–Trinajstić information content (AvgIpc) is 3.39. The standard InChI is InChI=1S/C29H39N3O5/c1-35-19-27(34)32-24(15-20-7-3-2-4-8-20)26(33)18-30-25-16-29(10-6-11-29)37-28-23(25)14-21(17-31-28)13-22-9-5-12-36-22/h2-4,7-8,14,17,22,24-26,30,33H,5-6,9-13,15-16,18-19H2,1H3,(H,32,34)/t22-,24+,25+,26-/m1/s1. The van der Waals surface area contributed by atoms with E-state index in [9.17, 15) is 9.90 Å². The molecule has 37 heavy (non-hydrogen) atoms. The highest BCUT2D eigenvalue weighted by atomic mass is 16.5. The maximum Gasteiger partial charge on any atom is 0.246 e. The Balaban J connectivity index is 1.29. The Labute approximate surface area is 219 Å². The van der Waals surface area contributed by atoms with Gasteiger partial charge in [0.05, 0.1) is 18.2 Å². The largest absolute Gasteiger partial charge is 0.471 e. The summed E-state index contributed by atoms with van der Waals surface area (Å²) >= 11 is 0. The summed E-state index contributed by atoms with van der Waals surface area (Å²) in [4.78, 5) is 17.0. The Morgan fingerprint density at radius 3 is 2.78 bits per heavy atom. The zero-order valence-corrected chi connectivity index (χ0v) is 21.7. The van der Waals surface area contributed by atoms with Crippen molar-refractivity contribution in [2.45, 2.75) is 81.3 Å². The molecular weight excluding hydrogens is 470 g/mol. The van der Waals surface area contributed by atoms with Gasteiger partial charge in [0.2, 0.25) is 11.8 Å². The Morgan fingerprint density at radius 2 is 2.08 bits per heavy atom. The van der Waals surface area contributed by atoms with Crippen LogP contribution in [0.3, 0.4) is 0 Å². The number of aliphatic hydroxyl groups is 1. The molecule has 1 saturated carbocycles. The molecule has 0 bridgehead atoms. The molecule has 1 saturated heterocycles. The molecule has 3 heterocycles. The first-order chi connectivity index (χ1) is 18.0. The second-order valence-electron chi connectivity index (χ2n) is 10.7. The van der Waals surface area contributed by atoms with Crippen molar-refractivity contribution in [2.24, 2.45) is 0 Å². The number of methoxy groups -OCH3 is 1. The summed E-state index contributed by atoms with van der Waals surface area (Å²) in [6.07, 6.45) is 9.02. The van der Waals surface area contributed by atoms with Crippen LogP contribution in [0.5, 0.6) is 5.88 Å². The first-order valence-corrected chi connectivity index (χ1v) is 13.6. The van der Waals surface area contributed by atoms with Crippen molar-refractivity contribution in [3.63, 3.8) is 0 Å². The number of benzene rings is 1. The van der Waals surface area contributed by atoms with Gasteiger partial charge in [-0.2, -0.15) is 0 Å². The van der Waals surface area contributed by atoms with Gasteiger partial charge < -0.3 is 30.0 Å². The van der Waals surface area contributed by atoms with Gasteiger partial charge in [0, 0.05) is 50.9 Å². The van der Waals surface area contributed by atoms with Crippen LogP contribution in [-0.4, -0.2) is 66.7 Å². The molecule has 2 fully saturated rings. The SMILES string of the molecule is COCC(=O)N[C@@H](Cc1ccccc1)[C@H](O)CN[C@H]1CC2(CCC2)Oc2ncc(C[C@H]3CCCO3)cc21. The van der Waals surface area contributed by atoms with Crippen LogP contribution in [-0.2, 0) is 27.1 Å². The van der Waals surface area contributed by atoms with E-state index in [4.69, 9.17) is 19.2 Å². The van der Waals surface area contributed by atoms with Gasteiger partial charge >= 0.3 is 0 Å². The van der Waals surface area contributed by atoms with E-state index in [1.165, 1.54) is 7.11 Å². The monoisotopic (exact) mass is 509 g/mol. The normalized spacial score (nSPS) is 23.5. The predicted molar refractivity (Wildman–Crippen MR) is 139 cm³/mol. The smallest absolute Gasteiger partial charge is 0.246 e. The number of pyridine rings is 1. The second kappa shape index (κ2) is 11.9. The topological polar surface area (TPSA) is 102 Å². The molecule has 0 unspecified atom stereocenters. The summed E-state index contributed by atoms with van der Waals surface area (Å²) < 4.78 is 17.2. The van der Waals surface area contributed by atoms with Gasteiger partial charge in [0.1, 0.15) is 12.2 Å². The van der Waals surface area contributed by atoms with Gasteiger partial charge in [-0.25, -0.2) is 4.98 Å². The number of nitrogens with one attached hydrogen (secondary N) is 2. The lowest BCUT2D eigenvalue weighted by molar-refractivity contribution is -0.126. The summed E-state index contributed by atoms with van der Waals surface area (Å²) in [5, 5.41) is 17.8. The Bertz CT molecular complexity index is 1040. The van der Waals surface area contributed by atoms with E-state index in [1.807, 2.05) is 36.5 Å². The number of amides is 1. The number of ether oxygens (including phenoxy) is 3. The molecule has 4 atom stereocenters. The fourth-order valence-corrected chi connectivity index (χ4v) is 5.75. The van der Waals surface area contributed by atoms with Crippen LogP contribution < -0.4 is 15.4 Å². The maximum atomic E-state index is 12.3. The van der Waals surface area contributed by atoms with Crippen molar-refractivity contribution in [3.8, 4) is 5.88 Å². The number of aliphatic hydroxyl groups excluding tert-OH is 1. The van der Waals surface area contributed by atoms with Crippen molar-refractivity contribution in [1.82, 2.24) is 15.6 Å². The highest BCUT2D eigenvalue weighted by Gasteiger charge is 2.46. The van der Waals surface area contributed by atoms with Crippen LogP contribution in [0.15, 0.2) is 42.6 Å². The molecule has 2 aliphatic heterocycles. The van der Waals surface area contributed by atoms with E-state index in [-0.39, 0.29) is 30.3 Å². The molecule has 1 aromatic carbocycles. The molecule has 3 N–H and O–H groups in total. The number of nitrogens with zero attached hydrogens (tertiary/aromatic N) is 1. The number of rotatable bonds is 11. The fraction of sp³-hybridized carbons (Fsp3) is 0.586. The number of hydrogen-bond donors (Lipinski definition) is 3. The number of carbonyl (C=O) groups is 1. The molecule has 1 aliphatic carbocycles. The molecule has 200 valence electrons. The number of hydrogen-bond acceptors (Lipinski definition) is 7. The minimum Gasteiger partial charge on any atom is -0.471 e. The zero-order valence-electron chi connectivity index (χ0n) is 21.7. The van der Waals surface area contributed by atoms with Gasteiger partial charge in [-0.1, -0.05) is 30.3 Å². The number of fused-ring (bicyclic) bond motifs is 1. The third kappa shape index (κ3) is 6.49. The summed E-state index contributed by atoms with van der Waals surface area (Å²) in [7, 11) is 1.49. The van der Waals surface area contributed by atoms with E-state index in [0.29, 0.717) is 18.8 Å². The van der Waals surface area contributed by atoms with Crippen molar-refractivity contribution in [2.75, 3.05) is 26.9 Å². The van der Waals surface area contributed by atoms with E-state index in [1.54, 1.807) is 0 Å². The molecular formula is C29H39N3O5. The third-order valence-electron chi connectivity index (χ3n) is 7.91. The number of aromatic nitrogens is 1. The molecule has 2 aromatic rings. The molecule has 5 rings (SSSR count). The first-order valence-electron chi connectivity index (χ1n) is 13.6. The van der Waals surface area contributed by atoms with Crippen LogP contribution in [0.4, 0.5) is 0 Å². The van der Waals surface area contributed by atoms with Crippen molar-refractivity contribution in [3.05, 3.63) is 59.3 Å². The summed E-state index contributed by atoms with van der Waals surface area (Å²) in [5.41, 5.74) is 3.08. The maximum absolute atomic E-state index is 12.3. The summed E-state index contributed by atoms with van der Waals surface area (Å²) in [6.45, 7) is 1.13. The van der Waals surface area contributed by atoms with Crippen LogP contribution in [0, 0.1) is 0 Å². The first kappa shape index (κ1) is 26.1. The van der Waals surface area contributed by atoms with Crippen LogP contribution in [0.1, 0.15) is 61.3 Å². The minimum absolute atomic E-state index is 0.0164. The fourth-order valence-electron chi connectivity index (χ4n) is 5.75. The van der Waals surface area contributed by atoms with Gasteiger partial charge in [0.25, 0.3) is 0 Å². The predicted octanol–water partition coefficient (Wildman–Crippen LogP) is 2.87.